The van der Waals surface area contributed by atoms with E-state index in [1.165, 1.54) is 18.2 Å². The molecule has 4 nitrogen and oxygen atoms in total. The Labute approximate surface area is 109 Å². The van der Waals surface area contributed by atoms with Crippen LogP contribution in [0.4, 0.5) is 4.39 Å². The third kappa shape index (κ3) is 4.00. The lowest BCUT2D eigenvalue weighted by Crippen LogP contribution is -2.27. The molecule has 0 spiro atoms. The van der Waals surface area contributed by atoms with E-state index in [9.17, 15) is 14.0 Å². The summed E-state index contributed by atoms with van der Waals surface area (Å²) in [5.74, 6) is -1.79. The van der Waals surface area contributed by atoms with Crippen molar-refractivity contribution in [3.8, 4) is 0 Å². The quantitative estimate of drug-likeness (QED) is 0.837. The van der Waals surface area contributed by atoms with Gasteiger partial charge in [-0.05, 0) is 19.1 Å². The lowest BCUT2D eigenvalue weighted by molar-refractivity contribution is -0.142. The molecule has 0 saturated carbocycles. The molecule has 98 valence electrons. The molecule has 1 rings (SSSR count). The average Bonchev–Trinajstić information content (AvgIpc) is 2.33. The number of amides is 1. The number of nitrogens with one attached hydrogen (secondary N) is 1. The molecule has 1 N–H and O–H groups in total. The fraction of sp³-hybridized carbons (Fsp3) is 0.333. The fourth-order valence-electron chi connectivity index (χ4n) is 1.29. The van der Waals surface area contributed by atoms with Crippen LogP contribution in [0.3, 0.4) is 0 Å². The van der Waals surface area contributed by atoms with E-state index in [0.29, 0.717) is 0 Å². The topological polar surface area (TPSA) is 55.4 Å². The van der Waals surface area contributed by atoms with E-state index in [-0.39, 0.29) is 30.2 Å². The molecule has 0 saturated heterocycles. The van der Waals surface area contributed by atoms with Crippen molar-refractivity contribution in [1.82, 2.24) is 5.32 Å². The molecular formula is C12H13ClFNO3. The summed E-state index contributed by atoms with van der Waals surface area (Å²) in [6, 6.07) is 4.15. The van der Waals surface area contributed by atoms with Crippen LogP contribution < -0.4 is 5.32 Å². The van der Waals surface area contributed by atoms with Gasteiger partial charge in [-0.1, -0.05) is 17.7 Å². The largest absolute Gasteiger partial charge is 0.466 e. The first-order valence-corrected chi connectivity index (χ1v) is 5.82. The van der Waals surface area contributed by atoms with Gasteiger partial charge in [0.25, 0.3) is 5.91 Å². The highest BCUT2D eigenvalue weighted by Gasteiger charge is 2.13. The summed E-state index contributed by atoms with van der Waals surface area (Å²) in [5, 5.41) is 2.30. The van der Waals surface area contributed by atoms with Gasteiger partial charge in [0.15, 0.2) is 5.82 Å². The number of ether oxygens (including phenoxy) is 1. The van der Waals surface area contributed by atoms with Crippen molar-refractivity contribution >= 4 is 23.5 Å². The maximum atomic E-state index is 13.5. The van der Waals surface area contributed by atoms with E-state index in [0.717, 1.165) is 0 Å². The van der Waals surface area contributed by atoms with Gasteiger partial charge < -0.3 is 10.1 Å². The van der Waals surface area contributed by atoms with Gasteiger partial charge >= 0.3 is 5.97 Å². The molecule has 1 amide bonds. The van der Waals surface area contributed by atoms with E-state index in [2.05, 4.69) is 10.1 Å². The third-order valence-electron chi connectivity index (χ3n) is 2.12. The first-order valence-electron chi connectivity index (χ1n) is 5.44. The Bertz CT molecular complexity index is 451. The van der Waals surface area contributed by atoms with E-state index < -0.39 is 17.7 Å². The normalized spacial score (nSPS) is 9.94. The predicted octanol–water partition coefficient (Wildman–Crippen LogP) is 2.16. The number of hydrogen-bond donors (Lipinski definition) is 1. The Balaban J connectivity index is 2.51. The summed E-state index contributed by atoms with van der Waals surface area (Å²) in [4.78, 5) is 22.6. The molecule has 18 heavy (non-hydrogen) atoms. The van der Waals surface area contributed by atoms with Crippen LogP contribution in [0.2, 0.25) is 5.02 Å². The second-order valence-corrected chi connectivity index (χ2v) is 3.82. The summed E-state index contributed by atoms with van der Waals surface area (Å²) in [6.45, 7) is 2.07. The Morgan fingerprint density at radius 3 is 2.83 bits per heavy atom. The van der Waals surface area contributed by atoms with Crippen LogP contribution in [0, 0.1) is 5.82 Å². The molecule has 0 aromatic heterocycles. The molecule has 1 aromatic rings. The average molecular weight is 274 g/mol. The van der Waals surface area contributed by atoms with E-state index in [4.69, 9.17) is 11.6 Å². The second kappa shape index (κ2) is 6.96. The van der Waals surface area contributed by atoms with Crippen molar-refractivity contribution in [1.29, 1.82) is 0 Å². The van der Waals surface area contributed by atoms with Gasteiger partial charge in [-0.25, -0.2) is 4.39 Å². The zero-order chi connectivity index (χ0) is 13.5. The second-order valence-electron chi connectivity index (χ2n) is 3.41. The van der Waals surface area contributed by atoms with Crippen LogP contribution in [-0.2, 0) is 9.53 Å². The Hall–Kier alpha value is -1.62. The molecule has 0 aliphatic carbocycles. The van der Waals surface area contributed by atoms with Gasteiger partial charge in [-0.2, -0.15) is 0 Å². The van der Waals surface area contributed by atoms with Crippen molar-refractivity contribution in [2.24, 2.45) is 0 Å². The Kier molecular flexibility index (Phi) is 5.58. The number of benzene rings is 1. The SMILES string of the molecule is CCOC(=O)CCNC(=O)c1cccc(Cl)c1F. The molecule has 0 aliphatic rings. The van der Waals surface area contributed by atoms with Gasteiger partial charge in [-0.3, -0.25) is 9.59 Å². The summed E-state index contributed by atoms with van der Waals surface area (Å²) >= 11 is 5.55. The zero-order valence-electron chi connectivity index (χ0n) is 9.83. The van der Waals surface area contributed by atoms with Crippen LogP contribution in [0.15, 0.2) is 18.2 Å². The number of carbonyl (C=O) groups is 2. The molecule has 0 aliphatic heterocycles. The molecule has 6 heteroatoms. The highest BCUT2D eigenvalue weighted by molar-refractivity contribution is 6.31. The Morgan fingerprint density at radius 2 is 2.17 bits per heavy atom. The van der Waals surface area contributed by atoms with Crippen LogP contribution in [0.1, 0.15) is 23.7 Å². The zero-order valence-corrected chi connectivity index (χ0v) is 10.6. The minimum Gasteiger partial charge on any atom is -0.466 e. The third-order valence-corrected chi connectivity index (χ3v) is 2.41. The van der Waals surface area contributed by atoms with Crippen molar-refractivity contribution in [2.75, 3.05) is 13.2 Å². The highest BCUT2D eigenvalue weighted by atomic mass is 35.5. The monoisotopic (exact) mass is 273 g/mol. The van der Waals surface area contributed by atoms with Gasteiger partial charge in [-0.15, -0.1) is 0 Å². The van der Waals surface area contributed by atoms with E-state index in [1.54, 1.807) is 6.92 Å². The molecule has 1 aromatic carbocycles. The number of carbonyl (C=O) groups excluding carboxylic acids is 2. The first kappa shape index (κ1) is 14.4. The standard InChI is InChI=1S/C12H13ClFNO3/c1-2-18-10(16)6-7-15-12(17)8-4-3-5-9(13)11(8)14/h3-5H,2,6-7H2,1H3,(H,15,17). The van der Waals surface area contributed by atoms with Crippen LogP contribution in [0.5, 0.6) is 0 Å². The van der Waals surface area contributed by atoms with Crippen LogP contribution in [0.25, 0.3) is 0 Å². The summed E-state index contributed by atoms with van der Waals surface area (Å²) < 4.78 is 18.2. The van der Waals surface area contributed by atoms with Crippen LogP contribution >= 0.6 is 11.6 Å². The molecule has 0 atom stereocenters. The van der Waals surface area contributed by atoms with E-state index in [1.807, 2.05) is 0 Å². The number of halogens is 2. The van der Waals surface area contributed by atoms with Crippen molar-refractivity contribution < 1.29 is 18.7 Å². The first-order chi connectivity index (χ1) is 8.56. The fourth-order valence-corrected chi connectivity index (χ4v) is 1.46. The maximum Gasteiger partial charge on any atom is 0.307 e. The lowest BCUT2D eigenvalue weighted by Gasteiger charge is -2.06. The van der Waals surface area contributed by atoms with Gasteiger partial charge in [0.1, 0.15) is 0 Å². The molecule has 0 fully saturated rings. The molecule has 0 radical (unpaired) electrons. The lowest BCUT2D eigenvalue weighted by atomic mass is 10.2. The number of esters is 1. The van der Waals surface area contributed by atoms with Gasteiger partial charge in [0.2, 0.25) is 0 Å². The summed E-state index contributed by atoms with van der Waals surface area (Å²) in [6.07, 6.45) is 0.0434. The van der Waals surface area contributed by atoms with E-state index >= 15 is 0 Å². The minimum absolute atomic E-state index is 0.0434. The molecule has 0 unspecified atom stereocenters. The Morgan fingerprint density at radius 1 is 1.44 bits per heavy atom. The minimum atomic E-state index is -0.771. The van der Waals surface area contributed by atoms with Crippen LogP contribution in [-0.4, -0.2) is 25.0 Å². The number of rotatable bonds is 5. The molecule has 0 heterocycles. The van der Waals surface area contributed by atoms with Gasteiger partial charge in [0.05, 0.1) is 23.6 Å². The summed E-state index contributed by atoms with van der Waals surface area (Å²) in [7, 11) is 0. The van der Waals surface area contributed by atoms with Crippen molar-refractivity contribution in [3.05, 3.63) is 34.6 Å². The number of hydrogen-bond acceptors (Lipinski definition) is 3. The van der Waals surface area contributed by atoms with Gasteiger partial charge in [0, 0.05) is 6.54 Å². The molecular weight excluding hydrogens is 261 g/mol. The smallest absolute Gasteiger partial charge is 0.307 e. The highest BCUT2D eigenvalue weighted by Crippen LogP contribution is 2.17. The van der Waals surface area contributed by atoms with Crippen molar-refractivity contribution in [2.45, 2.75) is 13.3 Å². The summed E-state index contributed by atoms with van der Waals surface area (Å²) in [5.41, 5.74) is -0.147. The maximum absolute atomic E-state index is 13.5. The van der Waals surface area contributed by atoms with Crippen molar-refractivity contribution in [3.63, 3.8) is 0 Å². The molecule has 0 bridgehead atoms. The predicted molar refractivity (Wildman–Crippen MR) is 65.0 cm³/mol.